The molecule has 0 unspecified atom stereocenters. The molecule has 3 rings (SSSR count). The maximum absolute atomic E-state index is 6.16. The van der Waals surface area contributed by atoms with Gasteiger partial charge in [0.25, 0.3) is 0 Å². The van der Waals surface area contributed by atoms with Gasteiger partial charge in [-0.25, -0.2) is 4.98 Å². The minimum absolute atomic E-state index is 0.602. The molecule has 0 saturated heterocycles. The Balaban J connectivity index is 2.25. The lowest BCUT2D eigenvalue weighted by atomic mass is 10.1. The highest BCUT2D eigenvalue weighted by atomic mass is 35.5. The zero-order valence-corrected chi connectivity index (χ0v) is 12.0. The molecule has 2 N–H and O–H groups in total. The number of hydrogen-bond donors (Lipinski definition) is 1. The maximum Gasteiger partial charge on any atom is 0.161 e. The summed E-state index contributed by atoms with van der Waals surface area (Å²) >= 11 is 5.94. The monoisotopic (exact) mass is 287 g/mol. The third-order valence-corrected chi connectivity index (χ3v) is 3.51. The number of imidazole rings is 1. The topological polar surface area (TPSA) is 61.7 Å². The number of rotatable bonds is 2. The van der Waals surface area contributed by atoms with E-state index >= 15 is 0 Å². The molecule has 0 aliphatic rings. The Bertz CT molecular complexity index is 754. The summed E-state index contributed by atoms with van der Waals surface area (Å²) in [5, 5.41) is 5.18. The van der Waals surface area contributed by atoms with E-state index in [1.807, 2.05) is 49.1 Å². The van der Waals surface area contributed by atoms with Gasteiger partial charge < -0.3 is 10.3 Å². The van der Waals surface area contributed by atoms with E-state index in [0.717, 1.165) is 22.6 Å². The van der Waals surface area contributed by atoms with Crippen molar-refractivity contribution in [2.24, 2.45) is 14.1 Å². The highest BCUT2D eigenvalue weighted by molar-refractivity contribution is 6.30. The molecular weight excluding hydrogens is 274 g/mol. The lowest BCUT2D eigenvalue weighted by Crippen LogP contribution is -1.98. The van der Waals surface area contributed by atoms with Crippen LogP contribution in [0.1, 0.15) is 0 Å². The van der Waals surface area contributed by atoms with E-state index in [9.17, 15) is 0 Å². The van der Waals surface area contributed by atoms with Crippen molar-refractivity contribution in [3.63, 3.8) is 0 Å². The van der Waals surface area contributed by atoms with Gasteiger partial charge in [0.15, 0.2) is 5.82 Å². The Kier molecular flexibility index (Phi) is 2.99. The molecular formula is C14H14ClN5. The van der Waals surface area contributed by atoms with Crippen molar-refractivity contribution in [3.05, 3.63) is 41.7 Å². The number of anilines is 1. The summed E-state index contributed by atoms with van der Waals surface area (Å²) in [5.41, 5.74) is 8.77. The second-order valence-electron chi connectivity index (χ2n) is 4.60. The normalized spacial score (nSPS) is 10.9. The molecule has 2 heterocycles. The first-order valence-corrected chi connectivity index (χ1v) is 6.52. The van der Waals surface area contributed by atoms with Crippen LogP contribution in [0.25, 0.3) is 22.6 Å². The Morgan fingerprint density at radius 3 is 2.45 bits per heavy atom. The third kappa shape index (κ3) is 1.96. The summed E-state index contributed by atoms with van der Waals surface area (Å²) in [6.45, 7) is 0. The fourth-order valence-electron chi connectivity index (χ4n) is 2.19. The van der Waals surface area contributed by atoms with Gasteiger partial charge in [0.2, 0.25) is 0 Å². The van der Waals surface area contributed by atoms with Crippen LogP contribution in [0.5, 0.6) is 0 Å². The second kappa shape index (κ2) is 4.68. The molecule has 0 atom stereocenters. The Hall–Kier alpha value is -2.27. The van der Waals surface area contributed by atoms with Gasteiger partial charge in [0.05, 0.1) is 5.56 Å². The quantitative estimate of drug-likeness (QED) is 0.788. The van der Waals surface area contributed by atoms with E-state index in [2.05, 4.69) is 10.1 Å². The first-order valence-electron chi connectivity index (χ1n) is 6.14. The minimum Gasteiger partial charge on any atom is -0.383 e. The van der Waals surface area contributed by atoms with Gasteiger partial charge in [0, 0.05) is 31.5 Å². The molecule has 102 valence electrons. The molecule has 3 aromatic rings. The number of aromatic nitrogens is 4. The van der Waals surface area contributed by atoms with Crippen LogP contribution < -0.4 is 5.73 Å². The van der Waals surface area contributed by atoms with Crippen LogP contribution >= 0.6 is 11.6 Å². The molecule has 0 fully saturated rings. The molecule has 0 aliphatic carbocycles. The zero-order valence-electron chi connectivity index (χ0n) is 11.2. The van der Waals surface area contributed by atoms with Gasteiger partial charge in [0.1, 0.15) is 11.5 Å². The van der Waals surface area contributed by atoms with Gasteiger partial charge in [-0.05, 0) is 17.7 Å². The van der Waals surface area contributed by atoms with Crippen molar-refractivity contribution in [3.8, 4) is 22.6 Å². The van der Waals surface area contributed by atoms with Crippen molar-refractivity contribution in [1.82, 2.24) is 19.3 Å². The number of nitrogens with zero attached hydrogens (tertiary/aromatic N) is 4. The standard InChI is InChI=1S/C14H14ClN5/c1-19-8-7-17-14(19)12-11(13(16)20(2)18-12)9-3-5-10(15)6-4-9/h3-8H,16H2,1-2H3. The van der Waals surface area contributed by atoms with Crippen LogP contribution in [0.3, 0.4) is 0 Å². The van der Waals surface area contributed by atoms with Crippen LogP contribution in [-0.2, 0) is 14.1 Å². The maximum atomic E-state index is 6.16. The summed E-state index contributed by atoms with van der Waals surface area (Å²) in [4.78, 5) is 4.35. The van der Waals surface area contributed by atoms with Crippen LogP contribution in [-0.4, -0.2) is 19.3 Å². The first-order chi connectivity index (χ1) is 9.58. The van der Waals surface area contributed by atoms with Crippen LogP contribution in [0.15, 0.2) is 36.7 Å². The Morgan fingerprint density at radius 1 is 1.15 bits per heavy atom. The first kappa shape index (κ1) is 12.7. The van der Waals surface area contributed by atoms with Gasteiger partial charge in [-0.2, -0.15) is 5.10 Å². The summed E-state index contributed by atoms with van der Waals surface area (Å²) in [6.07, 6.45) is 3.62. The largest absolute Gasteiger partial charge is 0.383 e. The number of benzene rings is 1. The van der Waals surface area contributed by atoms with Crippen molar-refractivity contribution < 1.29 is 0 Å². The molecule has 0 saturated carbocycles. The number of halogens is 1. The highest BCUT2D eigenvalue weighted by Crippen LogP contribution is 2.35. The molecule has 0 amide bonds. The molecule has 0 aliphatic heterocycles. The van der Waals surface area contributed by atoms with Crippen molar-refractivity contribution in [2.75, 3.05) is 5.73 Å². The molecule has 5 nitrogen and oxygen atoms in total. The summed E-state index contributed by atoms with van der Waals surface area (Å²) in [7, 11) is 3.75. The van der Waals surface area contributed by atoms with Crippen molar-refractivity contribution in [1.29, 1.82) is 0 Å². The molecule has 0 spiro atoms. The zero-order chi connectivity index (χ0) is 14.3. The summed E-state index contributed by atoms with van der Waals surface area (Å²) in [5.74, 6) is 1.38. The second-order valence-corrected chi connectivity index (χ2v) is 5.04. The molecule has 0 radical (unpaired) electrons. The van der Waals surface area contributed by atoms with E-state index in [1.54, 1.807) is 10.9 Å². The van der Waals surface area contributed by atoms with Gasteiger partial charge in [-0.3, -0.25) is 4.68 Å². The lowest BCUT2D eigenvalue weighted by molar-refractivity contribution is 0.776. The number of aryl methyl sites for hydroxylation is 2. The molecule has 1 aromatic carbocycles. The number of nitrogens with two attached hydrogens (primary N) is 1. The molecule has 2 aromatic heterocycles. The summed E-state index contributed by atoms with van der Waals surface area (Å²) < 4.78 is 3.58. The third-order valence-electron chi connectivity index (χ3n) is 3.26. The summed E-state index contributed by atoms with van der Waals surface area (Å²) in [6, 6.07) is 7.54. The molecule has 6 heteroatoms. The van der Waals surface area contributed by atoms with Gasteiger partial charge >= 0.3 is 0 Å². The molecule has 0 bridgehead atoms. The average molecular weight is 288 g/mol. The predicted molar refractivity (Wildman–Crippen MR) is 80.3 cm³/mol. The van der Waals surface area contributed by atoms with Gasteiger partial charge in [-0.15, -0.1) is 0 Å². The van der Waals surface area contributed by atoms with Crippen LogP contribution in [0.2, 0.25) is 5.02 Å². The Morgan fingerprint density at radius 2 is 1.85 bits per heavy atom. The van der Waals surface area contributed by atoms with E-state index in [4.69, 9.17) is 17.3 Å². The predicted octanol–water partition coefficient (Wildman–Crippen LogP) is 2.72. The van der Waals surface area contributed by atoms with E-state index in [1.165, 1.54) is 0 Å². The van der Waals surface area contributed by atoms with E-state index < -0.39 is 0 Å². The smallest absolute Gasteiger partial charge is 0.161 e. The van der Waals surface area contributed by atoms with Crippen molar-refractivity contribution in [2.45, 2.75) is 0 Å². The SMILES string of the molecule is Cn1ccnc1-c1nn(C)c(N)c1-c1ccc(Cl)cc1. The van der Waals surface area contributed by atoms with Crippen LogP contribution in [0, 0.1) is 0 Å². The van der Waals surface area contributed by atoms with Crippen LogP contribution in [0.4, 0.5) is 5.82 Å². The number of hydrogen-bond acceptors (Lipinski definition) is 3. The average Bonchev–Trinajstić information content (AvgIpc) is 2.96. The highest BCUT2D eigenvalue weighted by Gasteiger charge is 2.19. The van der Waals surface area contributed by atoms with Gasteiger partial charge in [-0.1, -0.05) is 23.7 Å². The van der Waals surface area contributed by atoms with Crippen molar-refractivity contribution >= 4 is 17.4 Å². The van der Waals surface area contributed by atoms with E-state index in [-0.39, 0.29) is 0 Å². The fourth-order valence-corrected chi connectivity index (χ4v) is 2.31. The lowest BCUT2D eigenvalue weighted by Gasteiger charge is -2.04. The van der Waals surface area contributed by atoms with E-state index in [0.29, 0.717) is 10.8 Å². The molecule has 20 heavy (non-hydrogen) atoms. The Labute approximate surface area is 121 Å². The number of nitrogen functional groups attached to an aromatic ring is 1. The fraction of sp³-hybridized carbons (Fsp3) is 0.143. The minimum atomic E-state index is 0.602.